The molecule has 1 aromatic carbocycles. The molecule has 3 heterocycles. The van der Waals surface area contributed by atoms with Crippen molar-refractivity contribution in [3.63, 3.8) is 0 Å². The molecule has 10 nitrogen and oxygen atoms in total. The number of thiazole rings is 1. The van der Waals surface area contributed by atoms with Gasteiger partial charge in [-0.15, -0.1) is 0 Å². The predicted octanol–water partition coefficient (Wildman–Crippen LogP) is 2.97. The van der Waals surface area contributed by atoms with E-state index in [0.717, 1.165) is 35.3 Å². The molecule has 4 rings (SSSR count). The van der Waals surface area contributed by atoms with Crippen LogP contribution in [-0.4, -0.2) is 84.1 Å². The van der Waals surface area contributed by atoms with Crippen molar-refractivity contribution in [2.75, 3.05) is 64.1 Å². The molecular weight excluding hydrogens is 464 g/mol. The summed E-state index contributed by atoms with van der Waals surface area (Å²) in [6.07, 6.45) is 1.50. The van der Waals surface area contributed by atoms with Crippen LogP contribution in [0.15, 0.2) is 30.5 Å². The van der Waals surface area contributed by atoms with Crippen molar-refractivity contribution in [3.8, 4) is 16.6 Å². The zero-order chi connectivity index (χ0) is 24.8. The Morgan fingerprint density at radius 1 is 1.26 bits per heavy atom. The lowest BCUT2D eigenvalue weighted by molar-refractivity contribution is 0.0594. The molecule has 3 aromatic rings. The maximum atomic E-state index is 13.1. The van der Waals surface area contributed by atoms with Gasteiger partial charge in [0.15, 0.2) is 5.13 Å². The zero-order valence-electron chi connectivity index (χ0n) is 20.0. The minimum Gasteiger partial charge on any atom is -0.383 e. The van der Waals surface area contributed by atoms with E-state index in [1.54, 1.807) is 20.2 Å². The molecule has 1 amide bonds. The lowest BCUT2D eigenvalue weighted by atomic mass is 10.1. The van der Waals surface area contributed by atoms with E-state index >= 15 is 0 Å². The Hall–Kier alpha value is -3.59. The molecule has 2 N–H and O–H groups in total. The second kappa shape index (κ2) is 11.2. The van der Waals surface area contributed by atoms with E-state index in [1.807, 2.05) is 30.0 Å². The van der Waals surface area contributed by atoms with Crippen LogP contribution in [0.25, 0.3) is 10.6 Å². The highest BCUT2D eigenvalue weighted by Gasteiger charge is 2.22. The minimum atomic E-state index is 0.00126. The molecule has 1 aliphatic heterocycles. The summed E-state index contributed by atoms with van der Waals surface area (Å²) in [7, 11) is 3.50. The maximum Gasteiger partial charge on any atom is 0.254 e. The molecule has 35 heavy (non-hydrogen) atoms. The molecule has 0 spiro atoms. The lowest BCUT2D eigenvalue weighted by Gasteiger charge is -2.34. The Morgan fingerprint density at radius 2 is 2.06 bits per heavy atom. The van der Waals surface area contributed by atoms with Crippen molar-refractivity contribution in [1.29, 1.82) is 5.26 Å². The van der Waals surface area contributed by atoms with E-state index in [-0.39, 0.29) is 5.91 Å². The standard InChI is InChI=1S/C24H28N8O2S/c1-16-21(35-24(26-2)28-16)20-18(14-25)15-27-23(30-20)29-19-6-4-5-17(13-19)22(33)32-9-7-31(8-10-32)11-12-34-3/h4-6,13,15H,7-12H2,1-3H3,(H,26,28)(H,27,29,30). The number of rotatable bonds is 8. The van der Waals surface area contributed by atoms with E-state index in [2.05, 4.69) is 36.6 Å². The van der Waals surface area contributed by atoms with E-state index in [9.17, 15) is 10.1 Å². The SMILES string of the molecule is CNc1nc(C)c(-c2nc(Nc3cccc(C(=O)N4CCN(CCOC)CC4)c3)ncc2C#N)s1. The van der Waals surface area contributed by atoms with Crippen LogP contribution in [0.3, 0.4) is 0 Å². The summed E-state index contributed by atoms with van der Waals surface area (Å²) < 4.78 is 5.15. The Kier molecular flexibility index (Phi) is 7.87. The number of methoxy groups -OCH3 is 1. The Labute approximate surface area is 208 Å². The van der Waals surface area contributed by atoms with Crippen molar-refractivity contribution >= 4 is 34.0 Å². The van der Waals surface area contributed by atoms with Gasteiger partial charge < -0.3 is 20.3 Å². The first-order valence-electron chi connectivity index (χ1n) is 11.3. The molecule has 0 saturated carbocycles. The number of piperazine rings is 1. The molecule has 11 heteroatoms. The highest BCUT2D eigenvalue weighted by atomic mass is 32.1. The second-order valence-electron chi connectivity index (χ2n) is 8.08. The monoisotopic (exact) mass is 492 g/mol. The highest BCUT2D eigenvalue weighted by Crippen LogP contribution is 2.33. The largest absolute Gasteiger partial charge is 0.383 e. The topological polar surface area (TPSA) is 119 Å². The first kappa shape index (κ1) is 24.5. The number of nitrogens with zero attached hydrogens (tertiary/aromatic N) is 6. The van der Waals surface area contributed by atoms with Gasteiger partial charge in [0.25, 0.3) is 5.91 Å². The molecule has 1 saturated heterocycles. The fourth-order valence-electron chi connectivity index (χ4n) is 3.86. The average Bonchev–Trinajstić information content (AvgIpc) is 3.28. The van der Waals surface area contributed by atoms with Crippen LogP contribution in [0, 0.1) is 18.3 Å². The second-order valence-corrected chi connectivity index (χ2v) is 9.08. The highest BCUT2D eigenvalue weighted by molar-refractivity contribution is 7.19. The first-order chi connectivity index (χ1) is 17.0. The van der Waals surface area contributed by atoms with Gasteiger partial charge >= 0.3 is 0 Å². The third kappa shape index (κ3) is 5.74. The minimum absolute atomic E-state index is 0.00126. The number of amides is 1. The van der Waals surface area contributed by atoms with Crippen LogP contribution in [0.5, 0.6) is 0 Å². The number of nitrogens with one attached hydrogen (secondary N) is 2. The van der Waals surface area contributed by atoms with Crippen molar-refractivity contribution in [3.05, 3.63) is 47.3 Å². The summed E-state index contributed by atoms with van der Waals surface area (Å²) in [6.45, 7) is 6.50. The van der Waals surface area contributed by atoms with E-state index < -0.39 is 0 Å². The normalized spacial score (nSPS) is 13.9. The van der Waals surface area contributed by atoms with Gasteiger partial charge in [-0.1, -0.05) is 17.4 Å². The number of hydrogen-bond acceptors (Lipinski definition) is 10. The first-order valence-corrected chi connectivity index (χ1v) is 12.1. The Bertz CT molecular complexity index is 1230. The molecule has 0 unspecified atom stereocenters. The summed E-state index contributed by atoms with van der Waals surface area (Å²) in [4.78, 5) is 31.4. The van der Waals surface area contributed by atoms with Crippen molar-refractivity contribution in [2.24, 2.45) is 0 Å². The number of hydrogen-bond donors (Lipinski definition) is 2. The number of anilines is 3. The summed E-state index contributed by atoms with van der Waals surface area (Å²) in [5.74, 6) is 0.343. The summed E-state index contributed by atoms with van der Waals surface area (Å²) in [6, 6.07) is 9.47. The summed E-state index contributed by atoms with van der Waals surface area (Å²) >= 11 is 1.43. The summed E-state index contributed by atoms with van der Waals surface area (Å²) in [5, 5.41) is 16.5. The fourth-order valence-corrected chi connectivity index (χ4v) is 4.78. The Morgan fingerprint density at radius 3 is 2.74 bits per heavy atom. The third-order valence-electron chi connectivity index (χ3n) is 5.77. The van der Waals surface area contributed by atoms with Crippen LogP contribution in [-0.2, 0) is 4.74 Å². The Balaban J connectivity index is 1.49. The van der Waals surface area contributed by atoms with Gasteiger partial charge in [0.2, 0.25) is 5.95 Å². The molecule has 0 atom stereocenters. The van der Waals surface area contributed by atoms with Gasteiger partial charge in [0.1, 0.15) is 11.8 Å². The molecule has 0 aliphatic carbocycles. The third-order valence-corrected chi connectivity index (χ3v) is 6.95. The van der Waals surface area contributed by atoms with Gasteiger partial charge in [0, 0.05) is 58.1 Å². The van der Waals surface area contributed by atoms with Crippen molar-refractivity contribution < 1.29 is 9.53 Å². The maximum absolute atomic E-state index is 13.1. The van der Waals surface area contributed by atoms with Crippen LogP contribution >= 0.6 is 11.3 Å². The molecule has 0 bridgehead atoms. The van der Waals surface area contributed by atoms with Gasteiger partial charge in [0.05, 0.1) is 28.9 Å². The smallest absolute Gasteiger partial charge is 0.254 e. The van der Waals surface area contributed by atoms with Gasteiger partial charge in [-0.05, 0) is 25.1 Å². The van der Waals surface area contributed by atoms with Gasteiger partial charge in [-0.25, -0.2) is 15.0 Å². The molecule has 0 radical (unpaired) electrons. The summed E-state index contributed by atoms with van der Waals surface area (Å²) in [5.41, 5.74) is 2.99. The van der Waals surface area contributed by atoms with E-state index in [4.69, 9.17) is 4.74 Å². The number of nitriles is 1. The fraction of sp³-hybridized carbons (Fsp3) is 0.375. The van der Waals surface area contributed by atoms with E-state index in [1.165, 1.54) is 17.5 Å². The van der Waals surface area contributed by atoms with Crippen molar-refractivity contribution in [1.82, 2.24) is 24.8 Å². The molecular formula is C24H28N8O2S. The zero-order valence-corrected chi connectivity index (χ0v) is 20.9. The van der Waals surface area contributed by atoms with Gasteiger partial charge in [-0.2, -0.15) is 5.26 Å². The quantitative estimate of drug-likeness (QED) is 0.489. The lowest BCUT2D eigenvalue weighted by Crippen LogP contribution is -2.49. The molecule has 1 aliphatic rings. The van der Waals surface area contributed by atoms with Gasteiger partial charge in [-0.3, -0.25) is 9.69 Å². The van der Waals surface area contributed by atoms with Crippen LogP contribution in [0.4, 0.5) is 16.8 Å². The number of aromatic nitrogens is 3. The number of ether oxygens (including phenoxy) is 1. The van der Waals surface area contributed by atoms with Crippen LogP contribution in [0.1, 0.15) is 21.6 Å². The molecule has 1 fully saturated rings. The van der Waals surface area contributed by atoms with E-state index in [0.29, 0.717) is 48.2 Å². The molecule has 2 aromatic heterocycles. The number of aryl methyl sites for hydroxylation is 1. The average molecular weight is 493 g/mol. The van der Waals surface area contributed by atoms with Crippen molar-refractivity contribution in [2.45, 2.75) is 6.92 Å². The molecule has 182 valence electrons. The number of carbonyl (C=O) groups excluding carboxylic acids is 1. The van der Waals surface area contributed by atoms with Crippen LogP contribution < -0.4 is 10.6 Å². The number of carbonyl (C=O) groups is 1. The predicted molar refractivity (Wildman–Crippen MR) is 136 cm³/mol. The van der Waals surface area contributed by atoms with Crippen LogP contribution in [0.2, 0.25) is 0 Å². The number of benzene rings is 1.